The molecular weight excluding hydrogens is 295 g/mol. The van der Waals surface area contributed by atoms with Crippen molar-refractivity contribution < 1.29 is 9.18 Å². The van der Waals surface area contributed by atoms with Crippen LogP contribution in [0.1, 0.15) is 35.3 Å². The molecule has 2 N–H and O–H groups in total. The highest BCUT2D eigenvalue weighted by molar-refractivity contribution is 5.95. The SMILES string of the molecule is O=C(NCCCNc1cccc(F)c1)c1cnn2c1CCCC2. The highest BCUT2D eigenvalue weighted by atomic mass is 19.1. The Kier molecular flexibility index (Phi) is 4.90. The molecular formula is C17H21FN4O. The van der Waals surface area contributed by atoms with Crippen LogP contribution in [0.5, 0.6) is 0 Å². The summed E-state index contributed by atoms with van der Waals surface area (Å²) in [6.07, 6.45) is 5.60. The predicted octanol–water partition coefficient (Wildman–Crippen LogP) is 2.59. The Hall–Kier alpha value is -2.37. The average Bonchev–Trinajstić information content (AvgIpc) is 2.98. The van der Waals surface area contributed by atoms with Gasteiger partial charge < -0.3 is 10.6 Å². The standard InChI is InChI=1S/C17H21FN4O/c18-13-5-3-6-14(11-13)19-8-4-9-20-17(23)15-12-21-22-10-2-1-7-16(15)22/h3,5-6,11-12,19H,1-2,4,7-10H2,(H,20,23). The molecule has 2 heterocycles. The van der Waals surface area contributed by atoms with Crippen LogP contribution in [0, 0.1) is 5.82 Å². The molecule has 3 rings (SSSR count). The molecule has 1 aromatic carbocycles. The van der Waals surface area contributed by atoms with Gasteiger partial charge in [0.2, 0.25) is 0 Å². The number of nitrogens with one attached hydrogen (secondary N) is 2. The van der Waals surface area contributed by atoms with Crippen LogP contribution in [0.2, 0.25) is 0 Å². The zero-order chi connectivity index (χ0) is 16.1. The predicted molar refractivity (Wildman–Crippen MR) is 87.0 cm³/mol. The summed E-state index contributed by atoms with van der Waals surface area (Å²) in [6, 6.07) is 6.36. The number of aryl methyl sites for hydroxylation is 1. The normalized spacial score (nSPS) is 13.4. The van der Waals surface area contributed by atoms with E-state index in [0.717, 1.165) is 43.6 Å². The third-order valence-corrected chi connectivity index (χ3v) is 4.02. The second-order valence-corrected chi connectivity index (χ2v) is 5.73. The lowest BCUT2D eigenvalue weighted by Gasteiger charge is -2.14. The molecule has 1 aliphatic heterocycles. The molecule has 1 aliphatic rings. The maximum absolute atomic E-state index is 13.0. The van der Waals surface area contributed by atoms with E-state index in [-0.39, 0.29) is 11.7 Å². The number of carbonyl (C=O) groups is 1. The summed E-state index contributed by atoms with van der Waals surface area (Å²) in [4.78, 5) is 12.2. The number of benzene rings is 1. The van der Waals surface area contributed by atoms with Gasteiger partial charge in [-0.05, 0) is 43.9 Å². The fourth-order valence-corrected chi connectivity index (χ4v) is 2.83. The zero-order valence-electron chi connectivity index (χ0n) is 13.0. The van der Waals surface area contributed by atoms with Gasteiger partial charge in [-0.3, -0.25) is 9.48 Å². The molecule has 122 valence electrons. The van der Waals surface area contributed by atoms with Gasteiger partial charge in [-0.25, -0.2) is 4.39 Å². The van der Waals surface area contributed by atoms with Gasteiger partial charge in [0, 0.05) is 25.3 Å². The first kappa shape index (κ1) is 15.5. The highest BCUT2D eigenvalue weighted by Crippen LogP contribution is 2.17. The molecule has 5 nitrogen and oxygen atoms in total. The van der Waals surface area contributed by atoms with Crippen molar-refractivity contribution in [3.8, 4) is 0 Å². The van der Waals surface area contributed by atoms with Crippen molar-refractivity contribution in [1.82, 2.24) is 15.1 Å². The number of rotatable bonds is 6. The summed E-state index contributed by atoms with van der Waals surface area (Å²) in [7, 11) is 0. The van der Waals surface area contributed by atoms with Crippen molar-refractivity contribution in [2.45, 2.75) is 32.2 Å². The van der Waals surface area contributed by atoms with Crippen LogP contribution >= 0.6 is 0 Å². The third-order valence-electron chi connectivity index (χ3n) is 4.02. The number of fused-ring (bicyclic) bond motifs is 1. The number of carbonyl (C=O) groups excluding carboxylic acids is 1. The molecule has 0 bridgehead atoms. The van der Waals surface area contributed by atoms with Crippen LogP contribution in [0.3, 0.4) is 0 Å². The van der Waals surface area contributed by atoms with E-state index in [9.17, 15) is 9.18 Å². The quantitative estimate of drug-likeness (QED) is 0.805. The van der Waals surface area contributed by atoms with Gasteiger partial charge in [-0.15, -0.1) is 0 Å². The van der Waals surface area contributed by atoms with Gasteiger partial charge in [0.1, 0.15) is 5.82 Å². The van der Waals surface area contributed by atoms with Crippen molar-refractivity contribution in [1.29, 1.82) is 0 Å². The summed E-state index contributed by atoms with van der Waals surface area (Å²) in [5.74, 6) is -0.312. The molecule has 0 saturated heterocycles. The smallest absolute Gasteiger partial charge is 0.254 e. The van der Waals surface area contributed by atoms with E-state index in [1.807, 2.05) is 10.7 Å². The highest BCUT2D eigenvalue weighted by Gasteiger charge is 2.19. The minimum Gasteiger partial charge on any atom is -0.385 e. The second kappa shape index (κ2) is 7.26. The molecule has 2 aromatic rings. The molecule has 0 saturated carbocycles. The van der Waals surface area contributed by atoms with E-state index in [2.05, 4.69) is 15.7 Å². The summed E-state index contributed by atoms with van der Waals surface area (Å²) in [6.45, 7) is 2.15. The average molecular weight is 316 g/mol. The van der Waals surface area contributed by atoms with E-state index in [4.69, 9.17) is 0 Å². The zero-order valence-corrected chi connectivity index (χ0v) is 13.0. The van der Waals surface area contributed by atoms with Crippen molar-refractivity contribution in [3.05, 3.63) is 47.5 Å². The van der Waals surface area contributed by atoms with Gasteiger partial charge in [-0.2, -0.15) is 5.10 Å². The largest absolute Gasteiger partial charge is 0.385 e. The minimum absolute atomic E-state index is 0.0566. The van der Waals surface area contributed by atoms with Crippen LogP contribution < -0.4 is 10.6 Å². The molecule has 0 spiro atoms. The van der Waals surface area contributed by atoms with Crippen LogP contribution in [-0.2, 0) is 13.0 Å². The molecule has 1 amide bonds. The fourth-order valence-electron chi connectivity index (χ4n) is 2.83. The van der Waals surface area contributed by atoms with Crippen molar-refractivity contribution in [2.75, 3.05) is 18.4 Å². The van der Waals surface area contributed by atoms with Crippen LogP contribution in [0.25, 0.3) is 0 Å². The molecule has 0 radical (unpaired) electrons. The van der Waals surface area contributed by atoms with Crippen molar-refractivity contribution in [2.24, 2.45) is 0 Å². The molecule has 0 aliphatic carbocycles. The number of hydrogen-bond donors (Lipinski definition) is 2. The second-order valence-electron chi connectivity index (χ2n) is 5.73. The van der Waals surface area contributed by atoms with E-state index in [0.29, 0.717) is 18.7 Å². The lowest BCUT2D eigenvalue weighted by molar-refractivity contribution is 0.0952. The summed E-state index contributed by atoms with van der Waals surface area (Å²) < 4.78 is 15.0. The van der Waals surface area contributed by atoms with E-state index in [1.54, 1.807) is 12.3 Å². The van der Waals surface area contributed by atoms with Crippen LogP contribution in [0.15, 0.2) is 30.5 Å². The molecule has 0 fully saturated rings. The first-order valence-corrected chi connectivity index (χ1v) is 8.06. The van der Waals surface area contributed by atoms with Gasteiger partial charge in [0.25, 0.3) is 5.91 Å². The molecule has 23 heavy (non-hydrogen) atoms. The fraction of sp³-hybridized carbons (Fsp3) is 0.412. The lowest BCUT2D eigenvalue weighted by Crippen LogP contribution is -2.27. The van der Waals surface area contributed by atoms with Gasteiger partial charge >= 0.3 is 0 Å². The molecule has 0 unspecified atom stereocenters. The molecule has 6 heteroatoms. The Balaban J connectivity index is 1.42. The maximum atomic E-state index is 13.0. The number of hydrogen-bond acceptors (Lipinski definition) is 3. The van der Waals surface area contributed by atoms with Gasteiger partial charge in [-0.1, -0.05) is 6.07 Å². The first-order chi connectivity index (χ1) is 11.2. The monoisotopic (exact) mass is 316 g/mol. The number of amides is 1. The Morgan fingerprint density at radius 3 is 3.09 bits per heavy atom. The summed E-state index contributed by atoms with van der Waals surface area (Å²) >= 11 is 0. The third kappa shape index (κ3) is 3.88. The first-order valence-electron chi connectivity index (χ1n) is 8.06. The Morgan fingerprint density at radius 2 is 2.22 bits per heavy atom. The number of anilines is 1. The summed E-state index contributed by atoms with van der Waals surface area (Å²) in [5.41, 5.74) is 2.50. The Morgan fingerprint density at radius 1 is 1.30 bits per heavy atom. The van der Waals surface area contributed by atoms with E-state index < -0.39 is 0 Å². The van der Waals surface area contributed by atoms with Crippen molar-refractivity contribution in [3.63, 3.8) is 0 Å². The number of halogens is 1. The van der Waals surface area contributed by atoms with Crippen LogP contribution in [-0.4, -0.2) is 28.8 Å². The van der Waals surface area contributed by atoms with Crippen molar-refractivity contribution >= 4 is 11.6 Å². The van der Waals surface area contributed by atoms with E-state index >= 15 is 0 Å². The molecule has 1 aromatic heterocycles. The van der Waals surface area contributed by atoms with Gasteiger partial charge in [0.05, 0.1) is 17.5 Å². The Bertz CT molecular complexity index is 683. The number of nitrogens with zero attached hydrogens (tertiary/aromatic N) is 2. The topological polar surface area (TPSA) is 59.0 Å². The Labute approximate surface area is 134 Å². The maximum Gasteiger partial charge on any atom is 0.254 e. The van der Waals surface area contributed by atoms with Crippen LogP contribution in [0.4, 0.5) is 10.1 Å². The van der Waals surface area contributed by atoms with Gasteiger partial charge in [0.15, 0.2) is 0 Å². The number of aromatic nitrogens is 2. The summed E-state index contributed by atoms with van der Waals surface area (Å²) in [5, 5.41) is 10.3. The lowest BCUT2D eigenvalue weighted by atomic mass is 10.1. The van der Waals surface area contributed by atoms with E-state index in [1.165, 1.54) is 12.1 Å². The minimum atomic E-state index is -0.255. The molecule has 0 atom stereocenters.